The minimum atomic E-state index is -2.75. The molecule has 0 atom stereocenters. The van der Waals surface area contributed by atoms with Gasteiger partial charge in [-0.3, -0.25) is 14.6 Å². The first-order valence-electron chi connectivity index (χ1n) is 14.3. The Morgan fingerprint density at radius 1 is 1.09 bits per heavy atom. The number of halogens is 1. The highest BCUT2D eigenvalue weighted by molar-refractivity contribution is 9.10. The van der Waals surface area contributed by atoms with Crippen molar-refractivity contribution >= 4 is 62.6 Å². The molecule has 8 rings (SSSR count). The van der Waals surface area contributed by atoms with E-state index < -0.39 is 7.14 Å². The van der Waals surface area contributed by atoms with Gasteiger partial charge in [0.2, 0.25) is 5.95 Å². The number of nitrogens with zero attached hydrogens (tertiary/aromatic N) is 6. The second-order valence-electron chi connectivity index (χ2n) is 11.8. The van der Waals surface area contributed by atoms with Crippen molar-refractivity contribution in [1.82, 2.24) is 29.7 Å². The number of methoxy groups -OCH3 is 1. The van der Waals surface area contributed by atoms with Crippen LogP contribution in [0.1, 0.15) is 24.8 Å². The number of fused-ring (bicyclic) bond motifs is 3. The largest absolute Gasteiger partial charge is 0.495 e. The maximum Gasteiger partial charge on any atom is 0.229 e. The van der Waals surface area contributed by atoms with E-state index in [1.165, 1.54) is 5.56 Å². The van der Waals surface area contributed by atoms with Crippen LogP contribution in [-0.4, -0.2) is 62.9 Å². The lowest BCUT2D eigenvalue weighted by molar-refractivity contribution is -0.108. The van der Waals surface area contributed by atoms with Gasteiger partial charge in [0.1, 0.15) is 24.2 Å². The van der Waals surface area contributed by atoms with Gasteiger partial charge in [0.05, 0.1) is 46.1 Å². The molecule has 2 aliphatic heterocycles. The molecule has 1 saturated carbocycles. The van der Waals surface area contributed by atoms with Crippen molar-refractivity contribution in [2.75, 3.05) is 37.7 Å². The van der Waals surface area contributed by atoms with Crippen LogP contribution in [0.2, 0.25) is 0 Å². The van der Waals surface area contributed by atoms with Crippen LogP contribution in [0.25, 0.3) is 22.2 Å². The first-order valence-corrected chi connectivity index (χ1v) is 17.7. The van der Waals surface area contributed by atoms with Gasteiger partial charge in [-0.1, -0.05) is 0 Å². The van der Waals surface area contributed by atoms with Gasteiger partial charge >= 0.3 is 0 Å². The molecular formula is C31H32BrN8O3P. The Bertz CT molecular complexity index is 1950. The molecule has 3 aromatic heterocycles. The first kappa shape index (κ1) is 28.9. The fraction of sp³-hybridized carbons (Fsp3) is 0.323. The average Bonchev–Trinajstić information content (AvgIpc) is 3.43. The molecule has 1 aliphatic carbocycles. The van der Waals surface area contributed by atoms with Gasteiger partial charge in [-0.05, 0) is 83.9 Å². The summed E-state index contributed by atoms with van der Waals surface area (Å²) in [4.78, 5) is 18.2. The fourth-order valence-corrected chi connectivity index (χ4v) is 8.11. The Morgan fingerprint density at radius 2 is 1.91 bits per heavy atom. The van der Waals surface area contributed by atoms with Crippen molar-refractivity contribution in [3.63, 3.8) is 0 Å². The minimum absolute atomic E-state index is 0.0605. The molecule has 5 heterocycles. The van der Waals surface area contributed by atoms with Gasteiger partial charge in [-0.2, -0.15) is 10.1 Å². The zero-order valence-corrected chi connectivity index (χ0v) is 27.3. The number of anilines is 4. The first-order chi connectivity index (χ1) is 21.1. The number of aryl methyl sites for hydroxylation is 1. The Hall–Kier alpha value is -3.86. The van der Waals surface area contributed by atoms with E-state index >= 15 is 0 Å². The summed E-state index contributed by atoms with van der Waals surface area (Å²) in [7, 11) is 0.842. The third-order valence-electron chi connectivity index (χ3n) is 8.49. The van der Waals surface area contributed by atoms with Crippen LogP contribution in [0.3, 0.4) is 0 Å². The topological polar surface area (TPSA) is 129 Å². The van der Waals surface area contributed by atoms with E-state index in [1.54, 1.807) is 39.0 Å². The van der Waals surface area contributed by atoms with Crippen molar-refractivity contribution in [3.05, 3.63) is 65.3 Å². The van der Waals surface area contributed by atoms with Gasteiger partial charge in [-0.25, -0.2) is 4.98 Å². The fourth-order valence-electron chi connectivity index (χ4n) is 6.42. The maximum atomic E-state index is 13.4. The molecule has 0 amide bonds. The summed E-state index contributed by atoms with van der Waals surface area (Å²) < 4.78 is 27.7. The van der Waals surface area contributed by atoms with Gasteiger partial charge in [-0.15, -0.1) is 0 Å². The van der Waals surface area contributed by atoms with E-state index in [9.17, 15) is 4.57 Å². The maximum absolute atomic E-state index is 13.4. The summed E-state index contributed by atoms with van der Waals surface area (Å²) in [5.74, 6) is 1.57. The van der Waals surface area contributed by atoms with Crippen LogP contribution < -0.4 is 20.7 Å². The van der Waals surface area contributed by atoms with Crippen LogP contribution in [0.15, 0.2) is 59.7 Å². The minimum Gasteiger partial charge on any atom is -0.495 e. The lowest BCUT2D eigenvalue weighted by Gasteiger charge is -2.53. The molecular weight excluding hydrogens is 643 g/mol. The normalized spacial score (nSPS) is 19.4. The second-order valence-corrected chi connectivity index (χ2v) is 15.8. The van der Waals surface area contributed by atoms with Gasteiger partial charge in [0.15, 0.2) is 0 Å². The standard InChI is InChI=1S/C31H32BrN8O3P/c1-40-17-18(15-36-40)20-11-25(26(42-2)12-21(20)31-7-10-43-19(13-31)14-31)38-30-35-16-22(32)29(39-30)37-24-6-5-23-27(34-9-8-33-23)28(24)44(3,4)41/h5-6,8-9,11-12,15-17,19H,7,10,13-14H2,1-4H3,(H2,35,37,38,39). The van der Waals surface area contributed by atoms with Crippen LogP contribution >= 0.6 is 23.1 Å². The van der Waals surface area contributed by atoms with Crippen LogP contribution in [-0.2, 0) is 21.8 Å². The Morgan fingerprint density at radius 3 is 2.61 bits per heavy atom. The monoisotopic (exact) mass is 674 g/mol. The molecule has 0 spiro atoms. The summed E-state index contributed by atoms with van der Waals surface area (Å²) in [5, 5.41) is 11.8. The van der Waals surface area contributed by atoms with Crippen molar-refractivity contribution in [1.29, 1.82) is 0 Å². The molecule has 0 radical (unpaired) electrons. The average molecular weight is 676 g/mol. The lowest BCUT2D eigenvalue weighted by atomic mass is 9.58. The highest BCUT2D eigenvalue weighted by atomic mass is 79.9. The van der Waals surface area contributed by atoms with E-state index in [-0.39, 0.29) is 5.41 Å². The number of rotatable bonds is 8. The van der Waals surface area contributed by atoms with Gasteiger partial charge in [0.25, 0.3) is 0 Å². The molecule has 2 bridgehead atoms. The third kappa shape index (κ3) is 5.14. The van der Waals surface area contributed by atoms with E-state index in [2.05, 4.69) is 58.7 Å². The molecule has 11 nitrogen and oxygen atoms in total. The predicted octanol–water partition coefficient (Wildman–Crippen LogP) is 6.15. The Balaban J connectivity index is 1.27. The van der Waals surface area contributed by atoms with Crippen LogP contribution in [0.4, 0.5) is 23.1 Å². The SMILES string of the molecule is COc1cc(C23CCOC(C2)C3)c(-c2cnn(C)c2)cc1Nc1ncc(Br)c(Nc2ccc3nccnc3c2P(C)(C)=O)n1. The summed E-state index contributed by atoms with van der Waals surface area (Å²) in [6, 6.07) is 7.96. The van der Waals surface area contributed by atoms with E-state index in [0.717, 1.165) is 42.7 Å². The highest BCUT2D eigenvalue weighted by Crippen LogP contribution is 2.55. The zero-order valence-electron chi connectivity index (χ0n) is 24.8. The number of hydrogen-bond acceptors (Lipinski definition) is 10. The second kappa shape index (κ2) is 10.9. The van der Waals surface area contributed by atoms with Crippen molar-refractivity contribution in [3.8, 4) is 16.9 Å². The lowest BCUT2D eigenvalue weighted by Crippen LogP contribution is -2.51. The van der Waals surface area contributed by atoms with Gasteiger partial charge < -0.3 is 24.7 Å². The predicted molar refractivity (Wildman–Crippen MR) is 175 cm³/mol. The summed E-state index contributed by atoms with van der Waals surface area (Å²) in [5.41, 5.74) is 6.10. The zero-order chi connectivity index (χ0) is 30.6. The van der Waals surface area contributed by atoms with E-state index in [1.807, 2.05) is 36.3 Å². The highest BCUT2D eigenvalue weighted by Gasteiger charge is 2.50. The molecule has 2 aromatic carbocycles. The number of benzene rings is 2. The van der Waals surface area contributed by atoms with E-state index in [4.69, 9.17) is 14.5 Å². The quantitative estimate of drug-likeness (QED) is 0.185. The summed E-state index contributed by atoms with van der Waals surface area (Å²) in [6.45, 7) is 4.21. The van der Waals surface area contributed by atoms with Crippen molar-refractivity contribution in [2.45, 2.75) is 30.8 Å². The Labute approximate surface area is 263 Å². The molecule has 3 fully saturated rings. The number of hydrogen-bond donors (Lipinski definition) is 2. The van der Waals surface area contributed by atoms with Crippen molar-refractivity contribution < 1.29 is 14.0 Å². The molecule has 13 heteroatoms. The number of nitrogens with one attached hydrogen (secondary N) is 2. The number of aromatic nitrogens is 6. The molecule has 5 aromatic rings. The third-order valence-corrected chi connectivity index (χ3v) is 10.6. The molecule has 226 valence electrons. The molecule has 0 unspecified atom stereocenters. The van der Waals surface area contributed by atoms with Crippen LogP contribution in [0.5, 0.6) is 5.75 Å². The molecule has 44 heavy (non-hydrogen) atoms. The van der Waals surface area contributed by atoms with Crippen LogP contribution in [0, 0.1) is 0 Å². The summed E-state index contributed by atoms with van der Waals surface area (Å²) in [6.07, 6.45) is 12.1. The van der Waals surface area contributed by atoms with Crippen molar-refractivity contribution in [2.24, 2.45) is 7.05 Å². The molecule has 2 saturated heterocycles. The smallest absolute Gasteiger partial charge is 0.229 e. The molecule has 3 aliphatic rings. The Kier molecular flexibility index (Phi) is 7.18. The molecule has 2 N–H and O–H groups in total. The number of ether oxygens (including phenoxy) is 2. The summed E-state index contributed by atoms with van der Waals surface area (Å²) >= 11 is 3.58. The van der Waals surface area contributed by atoms with E-state index in [0.29, 0.717) is 50.1 Å². The van der Waals surface area contributed by atoms with Gasteiger partial charge in [0, 0.05) is 49.4 Å².